The monoisotopic (exact) mass is 365 g/mol. The third kappa shape index (κ3) is 5.17. The third-order valence-corrected chi connectivity index (χ3v) is 4.25. The molecule has 2 amide bonds. The van der Waals surface area contributed by atoms with E-state index >= 15 is 0 Å². The molecule has 0 atom stereocenters. The topological polar surface area (TPSA) is 79.8 Å². The van der Waals surface area contributed by atoms with Crippen LogP contribution in [0.1, 0.15) is 42.6 Å². The van der Waals surface area contributed by atoms with Crippen molar-refractivity contribution in [1.82, 2.24) is 5.43 Å². The molecule has 0 aliphatic heterocycles. The maximum Gasteiger partial charge on any atom is 0.271 e. The minimum absolute atomic E-state index is 0.0607. The lowest BCUT2D eigenvalue weighted by molar-refractivity contribution is -0.117. The van der Waals surface area contributed by atoms with Crippen molar-refractivity contribution in [2.45, 2.75) is 26.7 Å². The zero-order chi connectivity index (χ0) is 19.2. The van der Waals surface area contributed by atoms with Crippen LogP contribution in [0, 0.1) is 5.92 Å². The van der Waals surface area contributed by atoms with Crippen molar-refractivity contribution in [1.29, 1.82) is 0 Å². The highest BCUT2D eigenvalue weighted by molar-refractivity contribution is 6.02. The van der Waals surface area contributed by atoms with Crippen molar-refractivity contribution in [3.8, 4) is 5.75 Å². The molecular weight excluding hydrogens is 342 g/mol. The van der Waals surface area contributed by atoms with E-state index in [9.17, 15) is 9.59 Å². The van der Waals surface area contributed by atoms with Crippen molar-refractivity contribution in [2.24, 2.45) is 11.0 Å². The first-order valence-corrected chi connectivity index (χ1v) is 9.05. The number of hydrogen-bond acceptors (Lipinski definition) is 4. The molecule has 6 nitrogen and oxygen atoms in total. The van der Waals surface area contributed by atoms with Gasteiger partial charge in [0.1, 0.15) is 5.75 Å². The Labute approximate surface area is 158 Å². The summed E-state index contributed by atoms with van der Waals surface area (Å²) in [6.45, 7) is 4.29. The average Bonchev–Trinajstić information content (AvgIpc) is 3.52. The Morgan fingerprint density at radius 1 is 1.11 bits per heavy atom. The van der Waals surface area contributed by atoms with E-state index in [1.165, 1.54) is 0 Å². The van der Waals surface area contributed by atoms with E-state index in [0.717, 1.165) is 29.8 Å². The highest BCUT2D eigenvalue weighted by Crippen LogP contribution is 2.30. The first-order valence-electron chi connectivity index (χ1n) is 9.05. The first-order chi connectivity index (χ1) is 13.1. The first kappa shape index (κ1) is 18.6. The standard InChI is InChI=1S/C21H23N3O3/c1-3-27-19-11-9-16(10-12-19)21(26)24-23-14(2)17-5-4-6-18(13-17)22-20(25)15-7-8-15/h4-6,9-13,15H,3,7-8H2,1-2H3,(H,22,25)(H,24,26)/b23-14+. The van der Waals surface area contributed by atoms with Crippen LogP contribution in [-0.4, -0.2) is 24.1 Å². The van der Waals surface area contributed by atoms with Gasteiger partial charge in [0.05, 0.1) is 12.3 Å². The lowest BCUT2D eigenvalue weighted by Crippen LogP contribution is -2.19. The zero-order valence-corrected chi connectivity index (χ0v) is 15.5. The Bertz CT molecular complexity index is 855. The fourth-order valence-corrected chi connectivity index (χ4v) is 2.54. The summed E-state index contributed by atoms with van der Waals surface area (Å²) in [4.78, 5) is 24.1. The van der Waals surface area contributed by atoms with Gasteiger partial charge in [-0.2, -0.15) is 5.10 Å². The molecule has 1 aliphatic carbocycles. The molecule has 1 saturated carbocycles. The molecule has 0 radical (unpaired) electrons. The summed E-state index contributed by atoms with van der Waals surface area (Å²) in [7, 11) is 0. The summed E-state index contributed by atoms with van der Waals surface area (Å²) >= 11 is 0. The normalized spacial score (nSPS) is 13.8. The predicted molar refractivity (Wildman–Crippen MR) is 105 cm³/mol. The molecule has 27 heavy (non-hydrogen) atoms. The molecule has 2 aromatic carbocycles. The van der Waals surface area contributed by atoms with Gasteiger partial charge in [-0.1, -0.05) is 12.1 Å². The number of anilines is 1. The minimum atomic E-state index is -0.296. The van der Waals surface area contributed by atoms with Gasteiger partial charge in [0.15, 0.2) is 0 Å². The second-order valence-electron chi connectivity index (χ2n) is 6.44. The van der Waals surface area contributed by atoms with Crippen LogP contribution in [0.3, 0.4) is 0 Å². The third-order valence-electron chi connectivity index (χ3n) is 4.25. The molecule has 2 aromatic rings. The molecule has 0 spiro atoms. The van der Waals surface area contributed by atoms with Crippen LogP contribution in [0.2, 0.25) is 0 Å². The molecule has 0 unspecified atom stereocenters. The van der Waals surface area contributed by atoms with E-state index in [4.69, 9.17) is 4.74 Å². The van der Waals surface area contributed by atoms with Gasteiger partial charge in [0.25, 0.3) is 5.91 Å². The summed E-state index contributed by atoms with van der Waals surface area (Å²) < 4.78 is 5.36. The largest absolute Gasteiger partial charge is 0.494 e. The fourth-order valence-electron chi connectivity index (χ4n) is 2.54. The summed E-state index contributed by atoms with van der Waals surface area (Å²) in [5.74, 6) is 0.636. The van der Waals surface area contributed by atoms with Crippen LogP contribution in [0.5, 0.6) is 5.75 Å². The van der Waals surface area contributed by atoms with Gasteiger partial charge in [-0.25, -0.2) is 5.43 Å². The second kappa shape index (κ2) is 8.49. The molecule has 0 bridgehead atoms. The van der Waals surface area contributed by atoms with Gasteiger partial charge < -0.3 is 10.1 Å². The van der Waals surface area contributed by atoms with Crippen molar-refractivity contribution >= 4 is 23.2 Å². The number of nitrogens with one attached hydrogen (secondary N) is 2. The molecule has 6 heteroatoms. The van der Waals surface area contributed by atoms with Crippen molar-refractivity contribution in [3.63, 3.8) is 0 Å². The lowest BCUT2D eigenvalue weighted by atomic mass is 10.1. The molecule has 140 valence electrons. The van der Waals surface area contributed by atoms with E-state index in [1.54, 1.807) is 31.2 Å². The number of hydrazone groups is 1. The van der Waals surface area contributed by atoms with Crippen LogP contribution < -0.4 is 15.5 Å². The van der Waals surface area contributed by atoms with E-state index in [2.05, 4.69) is 15.8 Å². The molecule has 1 aliphatic rings. The van der Waals surface area contributed by atoms with E-state index in [-0.39, 0.29) is 17.7 Å². The molecule has 2 N–H and O–H groups in total. The van der Waals surface area contributed by atoms with Crippen LogP contribution in [-0.2, 0) is 4.79 Å². The Kier molecular flexibility index (Phi) is 5.86. The van der Waals surface area contributed by atoms with Gasteiger partial charge in [-0.3, -0.25) is 9.59 Å². The number of rotatable bonds is 7. The van der Waals surface area contributed by atoms with Crippen LogP contribution >= 0.6 is 0 Å². The van der Waals surface area contributed by atoms with Gasteiger partial charge in [-0.05, 0) is 68.7 Å². The number of benzene rings is 2. The van der Waals surface area contributed by atoms with Crippen LogP contribution in [0.25, 0.3) is 0 Å². The van der Waals surface area contributed by atoms with Gasteiger partial charge in [0.2, 0.25) is 5.91 Å². The quantitative estimate of drug-likeness (QED) is 0.581. The molecular formula is C21H23N3O3. The Balaban J connectivity index is 1.62. The number of amides is 2. The van der Waals surface area contributed by atoms with E-state index < -0.39 is 0 Å². The number of carbonyl (C=O) groups is 2. The van der Waals surface area contributed by atoms with Gasteiger partial charge >= 0.3 is 0 Å². The molecule has 0 saturated heterocycles. The number of nitrogens with zero attached hydrogens (tertiary/aromatic N) is 1. The molecule has 0 heterocycles. The number of carbonyl (C=O) groups excluding carboxylic acids is 2. The second-order valence-corrected chi connectivity index (χ2v) is 6.44. The molecule has 0 aromatic heterocycles. The van der Waals surface area contributed by atoms with Gasteiger partial charge in [0, 0.05) is 17.2 Å². The highest BCUT2D eigenvalue weighted by atomic mass is 16.5. The predicted octanol–water partition coefficient (Wildman–Crippen LogP) is 3.59. The number of hydrogen-bond donors (Lipinski definition) is 2. The minimum Gasteiger partial charge on any atom is -0.494 e. The van der Waals surface area contributed by atoms with Crippen LogP contribution in [0.4, 0.5) is 5.69 Å². The average molecular weight is 365 g/mol. The Morgan fingerprint density at radius 2 is 1.85 bits per heavy atom. The smallest absolute Gasteiger partial charge is 0.271 e. The van der Waals surface area contributed by atoms with E-state index in [1.807, 2.05) is 31.2 Å². The summed E-state index contributed by atoms with van der Waals surface area (Å²) in [5, 5.41) is 7.08. The molecule has 3 rings (SSSR count). The Morgan fingerprint density at radius 3 is 2.52 bits per heavy atom. The van der Waals surface area contributed by atoms with Crippen LogP contribution in [0.15, 0.2) is 53.6 Å². The van der Waals surface area contributed by atoms with Gasteiger partial charge in [-0.15, -0.1) is 0 Å². The maximum absolute atomic E-state index is 12.2. The highest BCUT2D eigenvalue weighted by Gasteiger charge is 2.29. The Hall–Kier alpha value is -3.15. The summed E-state index contributed by atoms with van der Waals surface area (Å²) in [6, 6.07) is 14.3. The lowest BCUT2D eigenvalue weighted by Gasteiger charge is -2.08. The van der Waals surface area contributed by atoms with Crippen molar-refractivity contribution in [2.75, 3.05) is 11.9 Å². The van der Waals surface area contributed by atoms with Crippen molar-refractivity contribution in [3.05, 3.63) is 59.7 Å². The summed E-state index contributed by atoms with van der Waals surface area (Å²) in [5.41, 5.74) is 5.27. The fraction of sp³-hybridized carbons (Fsp3) is 0.286. The summed E-state index contributed by atoms with van der Waals surface area (Å²) in [6.07, 6.45) is 1.92. The zero-order valence-electron chi connectivity index (χ0n) is 15.5. The SMILES string of the molecule is CCOc1ccc(C(=O)N/N=C(\C)c2cccc(NC(=O)C3CC3)c2)cc1. The number of ether oxygens (including phenoxy) is 1. The van der Waals surface area contributed by atoms with Crippen molar-refractivity contribution < 1.29 is 14.3 Å². The molecule has 1 fully saturated rings. The van der Waals surface area contributed by atoms with E-state index in [0.29, 0.717) is 17.9 Å². The maximum atomic E-state index is 12.2.